The van der Waals surface area contributed by atoms with E-state index in [0.29, 0.717) is 0 Å². The molecule has 0 fully saturated rings. The Hall–Kier alpha value is -0.0100. The van der Waals surface area contributed by atoms with Gasteiger partial charge in [0.25, 0.3) is 0 Å². The monoisotopic (exact) mass is 220 g/mol. The average molecular weight is 222 g/mol. The molecular formula is C8H10BrCl. The minimum atomic E-state index is 0.780. The highest BCUT2D eigenvalue weighted by Gasteiger charge is 1.84. The quantitative estimate of drug-likeness (QED) is 0.619. The van der Waals surface area contributed by atoms with Gasteiger partial charge in [0.1, 0.15) is 0 Å². The second-order valence-electron chi connectivity index (χ2n) is 2.07. The van der Waals surface area contributed by atoms with E-state index in [9.17, 15) is 0 Å². The van der Waals surface area contributed by atoms with E-state index in [4.69, 9.17) is 11.6 Å². The van der Waals surface area contributed by atoms with E-state index in [2.05, 4.69) is 22.5 Å². The molecule has 56 valence electrons. The first kappa shape index (κ1) is 9.99. The standard InChI is InChI=1S/C8H10BrCl/c1-6(4-7(2)9)5-8(3)10/h4-5H,2H2,1,3H3/b6-4-,8-5+. The van der Waals surface area contributed by atoms with Crippen molar-refractivity contribution in [3.05, 3.63) is 33.8 Å². The van der Waals surface area contributed by atoms with Gasteiger partial charge in [-0.25, -0.2) is 0 Å². The van der Waals surface area contributed by atoms with Gasteiger partial charge in [0.15, 0.2) is 0 Å². The van der Waals surface area contributed by atoms with E-state index in [1.165, 1.54) is 0 Å². The molecule has 0 spiro atoms. The van der Waals surface area contributed by atoms with Gasteiger partial charge in [-0.2, -0.15) is 0 Å². The van der Waals surface area contributed by atoms with Crippen molar-refractivity contribution >= 4 is 27.5 Å². The summed E-state index contributed by atoms with van der Waals surface area (Å²) in [5.74, 6) is 0. The number of halogens is 2. The summed E-state index contributed by atoms with van der Waals surface area (Å²) in [5, 5.41) is 0.780. The summed E-state index contributed by atoms with van der Waals surface area (Å²) >= 11 is 8.85. The lowest BCUT2D eigenvalue weighted by Crippen LogP contribution is -1.68. The van der Waals surface area contributed by atoms with Gasteiger partial charge in [-0.15, -0.1) is 0 Å². The maximum atomic E-state index is 5.63. The summed E-state index contributed by atoms with van der Waals surface area (Å²) in [7, 11) is 0. The zero-order valence-electron chi connectivity index (χ0n) is 6.12. The lowest BCUT2D eigenvalue weighted by Gasteiger charge is -1.90. The van der Waals surface area contributed by atoms with Crippen molar-refractivity contribution in [2.45, 2.75) is 13.8 Å². The smallest absolute Gasteiger partial charge is 0.0152 e. The van der Waals surface area contributed by atoms with Gasteiger partial charge in [-0.1, -0.05) is 34.1 Å². The van der Waals surface area contributed by atoms with Gasteiger partial charge in [0.2, 0.25) is 0 Å². The molecule has 10 heavy (non-hydrogen) atoms. The zero-order valence-corrected chi connectivity index (χ0v) is 8.46. The fraction of sp³-hybridized carbons (Fsp3) is 0.250. The predicted molar refractivity (Wildman–Crippen MR) is 51.4 cm³/mol. The minimum Gasteiger partial charge on any atom is -0.0895 e. The largest absolute Gasteiger partial charge is 0.0895 e. The van der Waals surface area contributed by atoms with Crippen LogP contribution >= 0.6 is 27.5 Å². The summed E-state index contributed by atoms with van der Waals surface area (Å²) in [6, 6.07) is 0. The number of hydrogen-bond donors (Lipinski definition) is 0. The average Bonchev–Trinajstić information content (AvgIpc) is 1.58. The van der Waals surface area contributed by atoms with Crippen LogP contribution < -0.4 is 0 Å². The molecular weight excluding hydrogens is 211 g/mol. The molecule has 0 rings (SSSR count). The van der Waals surface area contributed by atoms with Crippen molar-refractivity contribution < 1.29 is 0 Å². The van der Waals surface area contributed by atoms with Crippen LogP contribution in [0.3, 0.4) is 0 Å². The Bertz CT molecular complexity index is 185. The Morgan fingerprint density at radius 3 is 2.20 bits per heavy atom. The van der Waals surface area contributed by atoms with E-state index in [1.54, 1.807) is 0 Å². The van der Waals surface area contributed by atoms with E-state index in [0.717, 1.165) is 15.1 Å². The topological polar surface area (TPSA) is 0 Å². The van der Waals surface area contributed by atoms with Crippen LogP contribution in [0.4, 0.5) is 0 Å². The van der Waals surface area contributed by atoms with E-state index < -0.39 is 0 Å². The Kier molecular flexibility index (Phi) is 4.75. The van der Waals surface area contributed by atoms with Gasteiger partial charge in [0.05, 0.1) is 0 Å². The first-order valence-electron chi connectivity index (χ1n) is 2.89. The van der Waals surface area contributed by atoms with Crippen LogP contribution in [0.2, 0.25) is 0 Å². The van der Waals surface area contributed by atoms with Crippen molar-refractivity contribution in [1.29, 1.82) is 0 Å². The second-order valence-corrected chi connectivity index (χ2v) is 3.68. The molecule has 2 heteroatoms. The molecule has 0 atom stereocenters. The minimum absolute atomic E-state index is 0.780. The fourth-order valence-corrected chi connectivity index (χ4v) is 1.14. The molecule has 0 aliphatic heterocycles. The Morgan fingerprint density at radius 1 is 1.40 bits per heavy atom. The molecule has 0 saturated carbocycles. The van der Waals surface area contributed by atoms with Crippen molar-refractivity contribution in [2.75, 3.05) is 0 Å². The number of rotatable bonds is 2. The molecule has 0 amide bonds. The maximum Gasteiger partial charge on any atom is 0.0152 e. The number of allylic oxidation sites excluding steroid dienone is 5. The van der Waals surface area contributed by atoms with Crippen LogP contribution in [0.15, 0.2) is 33.8 Å². The third kappa shape index (κ3) is 6.12. The van der Waals surface area contributed by atoms with Gasteiger partial charge in [0, 0.05) is 9.51 Å². The van der Waals surface area contributed by atoms with Crippen molar-refractivity contribution in [3.63, 3.8) is 0 Å². The summed E-state index contributed by atoms with van der Waals surface area (Å²) in [5.41, 5.74) is 1.09. The Balaban J connectivity index is 4.22. The molecule has 0 aromatic heterocycles. The molecule has 0 radical (unpaired) electrons. The zero-order chi connectivity index (χ0) is 8.15. The van der Waals surface area contributed by atoms with Crippen LogP contribution in [0.1, 0.15) is 13.8 Å². The summed E-state index contributed by atoms with van der Waals surface area (Å²) in [6.07, 6.45) is 3.79. The summed E-state index contributed by atoms with van der Waals surface area (Å²) in [6.45, 7) is 7.48. The Morgan fingerprint density at radius 2 is 1.90 bits per heavy atom. The summed E-state index contributed by atoms with van der Waals surface area (Å²) < 4.78 is 0.860. The molecule has 0 N–H and O–H groups in total. The third-order valence-electron chi connectivity index (χ3n) is 0.811. The molecule has 0 bridgehead atoms. The van der Waals surface area contributed by atoms with Crippen molar-refractivity contribution in [1.82, 2.24) is 0 Å². The van der Waals surface area contributed by atoms with Crippen molar-refractivity contribution in [3.8, 4) is 0 Å². The molecule has 0 aromatic carbocycles. The SMILES string of the molecule is C=C(Br)/C=C(C)\C=C(/C)Cl. The number of hydrogen-bond acceptors (Lipinski definition) is 0. The maximum absolute atomic E-state index is 5.63. The van der Waals surface area contributed by atoms with E-state index in [1.807, 2.05) is 26.0 Å². The first-order valence-corrected chi connectivity index (χ1v) is 4.06. The van der Waals surface area contributed by atoms with Gasteiger partial charge in [-0.3, -0.25) is 0 Å². The molecule has 0 unspecified atom stereocenters. The van der Waals surface area contributed by atoms with E-state index in [-0.39, 0.29) is 0 Å². The third-order valence-corrected chi connectivity index (χ3v) is 1.15. The predicted octanol–water partition coefficient (Wildman–Crippen LogP) is 3.98. The normalized spacial score (nSPS) is 13.6. The second kappa shape index (κ2) is 4.75. The van der Waals surface area contributed by atoms with E-state index >= 15 is 0 Å². The first-order chi connectivity index (χ1) is 4.52. The molecule has 0 saturated heterocycles. The van der Waals surface area contributed by atoms with Crippen LogP contribution in [0, 0.1) is 0 Å². The molecule has 0 nitrogen and oxygen atoms in total. The highest BCUT2D eigenvalue weighted by Crippen LogP contribution is 2.10. The van der Waals surface area contributed by atoms with Gasteiger partial charge in [-0.05, 0) is 31.6 Å². The van der Waals surface area contributed by atoms with Crippen LogP contribution in [0.25, 0.3) is 0 Å². The molecule has 0 aliphatic carbocycles. The lowest BCUT2D eigenvalue weighted by atomic mass is 10.2. The lowest BCUT2D eigenvalue weighted by molar-refractivity contribution is 1.48. The highest BCUT2D eigenvalue weighted by molar-refractivity contribution is 9.11. The Labute approximate surface area is 75.4 Å². The van der Waals surface area contributed by atoms with Crippen LogP contribution in [0.5, 0.6) is 0 Å². The van der Waals surface area contributed by atoms with Gasteiger partial charge < -0.3 is 0 Å². The molecule has 0 aromatic rings. The highest BCUT2D eigenvalue weighted by atomic mass is 79.9. The van der Waals surface area contributed by atoms with Crippen LogP contribution in [-0.2, 0) is 0 Å². The fourth-order valence-electron chi connectivity index (χ4n) is 0.602. The van der Waals surface area contributed by atoms with Gasteiger partial charge >= 0.3 is 0 Å². The summed E-state index contributed by atoms with van der Waals surface area (Å²) in [4.78, 5) is 0. The molecule has 0 aliphatic rings. The van der Waals surface area contributed by atoms with Crippen molar-refractivity contribution in [2.24, 2.45) is 0 Å². The molecule has 0 heterocycles. The van der Waals surface area contributed by atoms with Crippen LogP contribution in [-0.4, -0.2) is 0 Å².